The topological polar surface area (TPSA) is 73.2 Å². The van der Waals surface area contributed by atoms with Crippen LogP contribution in [0.15, 0.2) is 16.9 Å². The minimum absolute atomic E-state index is 0.0715. The van der Waals surface area contributed by atoms with Gasteiger partial charge in [0.05, 0.1) is 18.4 Å². The Labute approximate surface area is 172 Å². The second-order valence-corrected chi connectivity index (χ2v) is 7.59. The molecule has 3 rings (SSSR count). The van der Waals surface area contributed by atoms with Crippen molar-refractivity contribution < 1.29 is 9.53 Å². The van der Waals surface area contributed by atoms with Crippen molar-refractivity contribution in [1.82, 2.24) is 9.55 Å². The molecular formula is C23H31N3O3. The molecule has 2 aromatic rings. The molecule has 0 bridgehead atoms. The van der Waals surface area contributed by atoms with Crippen LogP contribution in [0.4, 0.5) is 5.69 Å². The number of aryl methyl sites for hydroxylation is 2. The first-order valence-electron chi connectivity index (χ1n) is 10.6. The van der Waals surface area contributed by atoms with Crippen molar-refractivity contribution in [2.45, 2.75) is 72.4 Å². The van der Waals surface area contributed by atoms with Gasteiger partial charge >= 0.3 is 0 Å². The van der Waals surface area contributed by atoms with Gasteiger partial charge in [-0.15, -0.1) is 0 Å². The van der Waals surface area contributed by atoms with Crippen LogP contribution in [0.1, 0.15) is 68.1 Å². The Bertz CT molecular complexity index is 974. The largest absolute Gasteiger partial charge is 0.496 e. The van der Waals surface area contributed by atoms with E-state index in [0.717, 1.165) is 42.4 Å². The van der Waals surface area contributed by atoms with Gasteiger partial charge < -0.3 is 10.1 Å². The van der Waals surface area contributed by atoms with Crippen molar-refractivity contribution in [3.63, 3.8) is 0 Å². The highest BCUT2D eigenvalue weighted by atomic mass is 16.5. The van der Waals surface area contributed by atoms with Crippen LogP contribution in [0.2, 0.25) is 0 Å². The van der Waals surface area contributed by atoms with Gasteiger partial charge in [-0.1, -0.05) is 13.8 Å². The van der Waals surface area contributed by atoms with E-state index >= 15 is 0 Å². The maximum atomic E-state index is 13.3. The molecule has 0 atom stereocenters. The van der Waals surface area contributed by atoms with Gasteiger partial charge in [-0.25, -0.2) is 4.98 Å². The number of nitrogens with zero attached hydrogens (tertiary/aromatic N) is 2. The second kappa shape index (κ2) is 8.80. The Kier molecular flexibility index (Phi) is 6.40. The zero-order valence-corrected chi connectivity index (χ0v) is 18.1. The fourth-order valence-electron chi connectivity index (χ4n) is 4.03. The summed E-state index contributed by atoms with van der Waals surface area (Å²) in [5, 5.41) is 3.38. The Morgan fingerprint density at radius 2 is 1.86 bits per heavy atom. The van der Waals surface area contributed by atoms with Crippen LogP contribution in [-0.2, 0) is 13.0 Å². The lowest BCUT2D eigenvalue weighted by atomic mass is 9.88. The highest BCUT2D eigenvalue weighted by molar-refractivity contribution is 5.99. The van der Waals surface area contributed by atoms with Crippen LogP contribution in [0, 0.1) is 6.92 Å². The molecule has 0 amide bonds. The Morgan fingerprint density at radius 1 is 1.14 bits per heavy atom. The predicted octanol–water partition coefficient (Wildman–Crippen LogP) is 4.37. The Balaban J connectivity index is 2.19. The average Bonchev–Trinajstić information content (AvgIpc) is 2.73. The number of benzene rings is 1. The highest BCUT2D eigenvalue weighted by Crippen LogP contribution is 2.35. The monoisotopic (exact) mass is 397 g/mol. The van der Waals surface area contributed by atoms with Crippen LogP contribution in [0.25, 0.3) is 11.4 Å². The number of hydrogen-bond acceptors (Lipinski definition) is 5. The van der Waals surface area contributed by atoms with Crippen molar-refractivity contribution in [3.05, 3.63) is 39.3 Å². The lowest BCUT2D eigenvalue weighted by Gasteiger charge is -2.22. The minimum Gasteiger partial charge on any atom is -0.496 e. The SMILES string of the molecule is CCC(CC)Nc1c(C)nc(-c2cc3c(cc2OC)C(=O)CCC3)n(CC)c1=O. The summed E-state index contributed by atoms with van der Waals surface area (Å²) >= 11 is 0. The number of anilines is 1. The molecule has 0 unspecified atom stereocenters. The van der Waals surface area contributed by atoms with Gasteiger partial charge in [0.25, 0.3) is 5.56 Å². The number of rotatable bonds is 7. The molecule has 1 aromatic carbocycles. The summed E-state index contributed by atoms with van der Waals surface area (Å²) < 4.78 is 7.29. The van der Waals surface area contributed by atoms with Crippen molar-refractivity contribution in [2.75, 3.05) is 12.4 Å². The molecule has 1 aromatic heterocycles. The van der Waals surface area contributed by atoms with Gasteiger partial charge in [-0.3, -0.25) is 14.2 Å². The summed E-state index contributed by atoms with van der Waals surface area (Å²) in [4.78, 5) is 30.4. The number of fused-ring (bicyclic) bond motifs is 1. The number of aromatic nitrogens is 2. The van der Waals surface area contributed by atoms with Crippen molar-refractivity contribution in [3.8, 4) is 17.1 Å². The van der Waals surface area contributed by atoms with Crippen LogP contribution in [0.3, 0.4) is 0 Å². The smallest absolute Gasteiger partial charge is 0.277 e. The number of carbonyl (C=O) groups is 1. The molecule has 6 heteroatoms. The maximum absolute atomic E-state index is 13.3. The van der Waals surface area contributed by atoms with E-state index in [-0.39, 0.29) is 17.4 Å². The maximum Gasteiger partial charge on any atom is 0.277 e. The number of hydrogen-bond donors (Lipinski definition) is 1. The van der Waals surface area contributed by atoms with Gasteiger partial charge in [0.2, 0.25) is 0 Å². The van der Waals surface area contributed by atoms with Crippen molar-refractivity contribution >= 4 is 11.5 Å². The van der Waals surface area contributed by atoms with E-state index in [1.807, 2.05) is 26.0 Å². The lowest BCUT2D eigenvalue weighted by Crippen LogP contribution is -2.30. The molecule has 6 nitrogen and oxygen atoms in total. The molecule has 0 aliphatic heterocycles. The zero-order valence-electron chi connectivity index (χ0n) is 18.1. The number of ether oxygens (including phenoxy) is 1. The van der Waals surface area contributed by atoms with Crippen LogP contribution >= 0.6 is 0 Å². The van der Waals surface area contributed by atoms with E-state index in [2.05, 4.69) is 19.2 Å². The minimum atomic E-state index is -0.0715. The summed E-state index contributed by atoms with van der Waals surface area (Å²) in [5.74, 6) is 1.31. The van der Waals surface area contributed by atoms with Crippen molar-refractivity contribution in [1.29, 1.82) is 0 Å². The Hall–Kier alpha value is -2.63. The molecule has 1 aliphatic carbocycles. The van der Waals surface area contributed by atoms with Gasteiger partial charge in [0.1, 0.15) is 17.3 Å². The van der Waals surface area contributed by atoms with E-state index in [1.165, 1.54) is 0 Å². The summed E-state index contributed by atoms with van der Waals surface area (Å²) in [6.45, 7) is 8.52. The first-order chi connectivity index (χ1) is 13.9. The van der Waals surface area contributed by atoms with E-state index < -0.39 is 0 Å². The average molecular weight is 398 g/mol. The van der Waals surface area contributed by atoms with E-state index in [9.17, 15) is 9.59 Å². The fraction of sp³-hybridized carbons (Fsp3) is 0.522. The normalized spacial score (nSPS) is 13.5. The summed E-state index contributed by atoms with van der Waals surface area (Å²) in [6, 6.07) is 4.03. The third-order valence-corrected chi connectivity index (χ3v) is 5.82. The lowest BCUT2D eigenvalue weighted by molar-refractivity contribution is 0.0972. The third kappa shape index (κ3) is 3.93. The predicted molar refractivity (Wildman–Crippen MR) is 116 cm³/mol. The molecule has 29 heavy (non-hydrogen) atoms. The van der Waals surface area contributed by atoms with Gasteiger partial charge in [0, 0.05) is 24.6 Å². The third-order valence-electron chi connectivity index (χ3n) is 5.82. The molecule has 0 spiro atoms. The zero-order chi connectivity index (χ0) is 21.1. The Morgan fingerprint density at radius 3 is 2.48 bits per heavy atom. The molecule has 1 aliphatic rings. The number of methoxy groups -OCH3 is 1. The van der Waals surface area contributed by atoms with Gasteiger partial charge in [-0.05, 0) is 57.2 Å². The molecule has 0 fully saturated rings. The summed E-state index contributed by atoms with van der Waals surface area (Å²) in [7, 11) is 1.59. The van der Waals surface area contributed by atoms with E-state index in [4.69, 9.17) is 9.72 Å². The molecular weight excluding hydrogens is 366 g/mol. The molecule has 156 valence electrons. The molecule has 0 radical (unpaired) electrons. The molecule has 0 saturated carbocycles. The van der Waals surface area contributed by atoms with Crippen molar-refractivity contribution in [2.24, 2.45) is 0 Å². The first kappa shape index (κ1) is 21.1. The fourth-order valence-corrected chi connectivity index (χ4v) is 4.03. The second-order valence-electron chi connectivity index (χ2n) is 7.59. The highest BCUT2D eigenvalue weighted by Gasteiger charge is 2.24. The first-order valence-corrected chi connectivity index (χ1v) is 10.6. The quantitative estimate of drug-likeness (QED) is 0.751. The van der Waals surface area contributed by atoms with E-state index in [1.54, 1.807) is 11.7 Å². The standard InChI is InChI=1S/C23H31N3O3/c1-6-16(7-2)25-21-14(4)24-22(26(8-3)23(21)28)18-12-15-10-9-11-19(27)17(15)13-20(18)29-5/h12-13,16,25H,6-11H2,1-5H3. The number of ketones is 1. The van der Waals surface area contributed by atoms with Gasteiger partial charge in [0.15, 0.2) is 5.78 Å². The van der Waals surface area contributed by atoms with Gasteiger partial charge in [-0.2, -0.15) is 0 Å². The van der Waals surface area contributed by atoms with E-state index in [0.29, 0.717) is 35.9 Å². The number of nitrogens with one attached hydrogen (secondary N) is 1. The number of Topliss-reactive ketones (excluding diaryl/α,β-unsaturated/α-hetero) is 1. The molecule has 1 heterocycles. The van der Waals surface area contributed by atoms with Crippen LogP contribution in [0.5, 0.6) is 5.75 Å². The summed E-state index contributed by atoms with van der Waals surface area (Å²) in [6.07, 6.45) is 4.15. The molecule has 0 saturated heterocycles. The summed E-state index contributed by atoms with van der Waals surface area (Å²) in [5.41, 5.74) is 3.67. The van der Waals surface area contributed by atoms with Crippen LogP contribution < -0.4 is 15.6 Å². The van der Waals surface area contributed by atoms with Crippen LogP contribution in [-0.4, -0.2) is 28.5 Å². The number of carbonyl (C=O) groups excluding carboxylic acids is 1. The molecule has 1 N–H and O–H groups in total.